The van der Waals surface area contributed by atoms with E-state index in [9.17, 15) is 4.79 Å². The van der Waals surface area contributed by atoms with E-state index in [2.05, 4.69) is 33.5 Å². The molecule has 2 unspecified atom stereocenters. The van der Waals surface area contributed by atoms with Crippen molar-refractivity contribution in [2.75, 3.05) is 25.1 Å². The van der Waals surface area contributed by atoms with Gasteiger partial charge in [0.1, 0.15) is 0 Å². The summed E-state index contributed by atoms with van der Waals surface area (Å²) in [5.41, 5.74) is 0.438. The highest BCUT2D eigenvalue weighted by Gasteiger charge is 2.34. The largest absolute Gasteiger partial charge is 0.379 e. The number of amides is 1. The summed E-state index contributed by atoms with van der Waals surface area (Å²) in [6, 6.07) is 3.42. The van der Waals surface area contributed by atoms with Gasteiger partial charge < -0.3 is 15.4 Å². The molecule has 2 atom stereocenters. The molecule has 1 amide bonds. The van der Waals surface area contributed by atoms with Crippen LogP contribution in [0.3, 0.4) is 0 Å². The van der Waals surface area contributed by atoms with E-state index in [4.69, 9.17) is 27.9 Å². The van der Waals surface area contributed by atoms with Crippen LogP contribution in [0.5, 0.6) is 0 Å². The third kappa shape index (κ3) is 4.33. The van der Waals surface area contributed by atoms with E-state index >= 15 is 0 Å². The number of carbonyl (C=O) groups excluding carboxylic acids is 1. The molecule has 1 heterocycles. The highest BCUT2D eigenvalue weighted by molar-refractivity contribution is 9.10. The molecule has 1 aromatic rings. The summed E-state index contributed by atoms with van der Waals surface area (Å²) < 4.78 is 6.17. The number of nitrogens with one attached hydrogen (secondary N) is 2. The van der Waals surface area contributed by atoms with E-state index in [1.165, 1.54) is 0 Å². The van der Waals surface area contributed by atoms with E-state index < -0.39 is 0 Å². The fourth-order valence-electron chi connectivity index (χ4n) is 2.22. The lowest BCUT2D eigenvalue weighted by atomic mass is 10.0. The van der Waals surface area contributed by atoms with Gasteiger partial charge in [-0.15, -0.1) is 0 Å². The van der Waals surface area contributed by atoms with Crippen molar-refractivity contribution in [2.45, 2.75) is 19.4 Å². The Balaban J connectivity index is 2.07. The van der Waals surface area contributed by atoms with Gasteiger partial charge in [0.25, 0.3) is 0 Å². The van der Waals surface area contributed by atoms with Crippen LogP contribution in [-0.4, -0.2) is 31.7 Å². The number of halogens is 3. The highest BCUT2D eigenvalue weighted by atomic mass is 79.9. The van der Waals surface area contributed by atoms with Crippen LogP contribution in [-0.2, 0) is 9.53 Å². The Bertz CT molecular complexity index is 505. The molecule has 0 radical (unpaired) electrons. The molecule has 0 aliphatic carbocycles. The van der Waals surface area contributed by atoms with Crippen LogP contribution in [0.4, 0.5) is 5.69 Å². The van der Waals surface area contributed by atoms with Crippen LogP contribution >= 0.6 is 39.1 Å². The van der Waals surface area contributed by atoms with Crippen molar-refractivity contribution in [3.63, 3.8) is 0 Å². The average Bonchev–Trinajstić information content (AvgIpc) is 2.88. The lowest BCUT2D eigenvalue weighted by Crippen LogP contribution is -2.41. The Morgan fingerprint density at radius 1 is 1.38 bits per heavy atom. The summed E-state index contributed by atoms with van der Waals surface area (Å²) in [6.07, 6.45) is 1.01. The molecule has 1 aliphatic heterocycles. The Morgan fingerprint density at radius 3 is 2.67 bits per heavy atom. The van der Waals surface area contributed by atoms with E-state index in [1.807, 2.05) is 0 Å². The topological polar surface area (TPSA) is 50.4 Å². The van der Waals surface area contributed by atoms with Crippen LogP contribution < -0.4 is 10.6 Å². The number of hydrogen-bond donors (Lipinski definition) is 2. The fourth-order valence-corrected chi connectivity index (χ4v) is 3.52. The smallest absolute Gasteiger partial charge is 0.231 e. The van der Waals surface area contributed by atoms with Gasteiger partial charge in [0.2, 0.25) is 5.91 Å². The maximum atomic E-state index is 12.4. The molecule has 7 heteroatoms. The minimum absolute atomic E-state index is 0.0259. The van der Waals surface area contributed by atoms with Crippen molar-refractivity contribution in [3.8, 4) is 0 Å². The van der Waals surface area contributed by atoms with Crippen LogP contribution in [0.25, 0.3) is 0 Å². The zero-order valence-corrected chi connectivity index (χ0v) is 14.7. The molecule has 4 nitrogen and oxygen atoms in total. The number of benzene rings is 1. The molecule has 0 aromatic heterocycles. The maximum absolute atomic E-state index is 12.4. The van der Waals surface area contributed by atoms with E-state index in [0.717, 1.165) is 17.4 Å². The fraction of sp³-hybridized carbons (Fsp3) is 0.500. The van der Waals surface area contributed by atoms with Crippen molar-refractivity contribution in [2.24, 2.45) is 5.92 Å². The van der Waals surface area contributed by atoms with Gasteiger partial charge in [0, 0.05) is 10.5 Å². The molecule has 0 spiro atoms. The maximum Gasteiger partial charge on any atom is 0.231 e. The summed E-state index contributed by atoms with van der Waals surface area (Å²) in [5, 5.41) is 6.94. The highest BCUT2D eigenvalue weighted by Crippen LogP contribution is 2.34. The summed E-state index contributed by atoms with van der Waals surface area (Å²) in [6.45, 7) is 3.88. The second-order valence-electron chi connectivity index (χ2n) is 4.94. The molecule has 116 valence electrons. The molecule has 1 fully saturated rings. The Kier molecular flexibility index (Phi) is 6.32. The SMILES string of the molecule is CCCNC1COCC1C(=O)Nc1c(Cl)cc(Br)cc1Cl. The summed E-state index contributed by atoms with van der Waals surface area (Å²) in [4.78, 5) is 12.4. The van der Waals surface area contributed by atoms with E-state index in [-0.39, 0.29) is 17.9 Å². The van der Waals surface area contributed by atoms with Gasteiger partial charge in [-0.05, 0) is 25.1 Å². The van der Waals surface area contributed by atoms with Crippen LogP contribution in [0.2, 0.25) is 10.0 Å². The van der Waals surface area contributed by atoms with Crippen LogP contribution in [0.15, 0.2) is 16.6 Å². The van der Waals surface area contributed by atoms with Crippen molar-refractivity contribution in [1.82, 2.24) is 5.32 Å². The molecule has 1 aromatic carbocycles. The average molecular weight is 396 g/mol. The van der Waals surface area contributed by atoms with E-state index in [0.29, 0.717) is 28.9 Å². The first kappa shape index (κ1) is 17.0. The third-order valence-electron chi connectivity index (χ3n) is 3.33. The monoisotopic (exact) mass is 394 g/mol. The lowest BCUT2D eigenvalue weighted by Gasteiger charge is -2.19. The molecule has 0 bridgehead atoms. The molecule has 0 saturated carbocycles. The minimum Gasteiger partial charge on any atom is -0.379 e. The first-order valence-electron chi connectivity index (χ1n) is 6.79. The molecule has 1 aliphatic rings. The van der Waals surface area contributed by atoms with Gasteiger partial charge >= 0.3 is 0 Å². The number of rotatable bonds is 5. The molecule has 2 rings (SSSR count). The number of ether oxygens (including phenoxy) is 1. The molecular weight excluding hydrogens is 379 g/mol. The summed E-state index contributed by atoms with van der Waals surface area (Å²) >= 11 is 15.6. The summed E-state index contributed by atoms with van der Waals surface area (Å²) in [5.74, 6) is -0.375. The predicted molar refractivity (Wildman–Crippen MR) is 89.2 cm³/mol. The molecule has 1 saturated heterocycles. The van der Waals surface area contributed by atoms with Crippen molar-refractivity contribution in [1.29, 1.82) is 0 Å². The van der Waals surface area contributed by atoms with Gasteiger partial charge in [-0.25, -0.2) is 0 Å². The third-order valence-corrected chi connectivity index (χ3v) is 4.38. The molecule has 2 N–H and O–H groups in total. The Morgan fingerprint density at radius 2 is 2.05 bits per heavy atom. The van der Waals surface area contributed by atoms with Crippen LogP contribution in [0.1, 0.15) is 13.3 Å². The van der Waals surface area contributed by atoms with E-state index in [1.54, 1.807) is 12.1 Å². The first-order valence-corrected chi connectivity index (χ1v) is 8.34. The zero-order chi connectivity index (χ0) is 15.4. The standard InChI is InChI=1S/C14H17BrCl2N2O2/c1-2-3-18-12-7-21-6-9(12)14(20)19-13-10(16)4-8(15)5-11(13)17/h4-5,9,12,18H,2-3,6-7H2,1H3,(H,19,20). The molecular formula is C14H17BrCl2N2O2. The van der Waals surface area contributed by atoms with Crippen molar-refractivity contribution < 1.29 is 9.53 Å². The van der Waals surface area contributed by atoms with Gasteiger partial charge in [0.05, 0.1) is 34.9 Å². The normalized spacial score (nSPS) is 21.5. The number of carbonyl (C=O) groups is 1. The minimum atomic E-state index is -0.243. The van der Waals surface area contributed by atoms with Gasteiger partial charge in [-0.1, -0.05) is 46.1 Å². The first-order chi connectivity index (χ1) is 10.0. The van der Waals surface area contributed by atoms with Crippen molar-refractivity contribution in [3.05, 3.63) is 26.7 Å². The van der Waals surface area contributed by atoms with Crippen molar-refractivity contribution >= 4 is 50.7 Å². The second-order valence-corrected chi connectivity index (χ2v) is 6.67. The number of anilines is 1. The lowest BCUT2D eigenvalue weighted by molar-refractivity contribution is -0.120. The second kappa shape index (κ2) is 7.79. The Labute approximate surface area is 142 Å². The summed E-state index contributed by atoms with van der Waals surface area (Å²) in [7, 11) is 0. The number of hydrogen-bond acceptors (Lipinski definition) is 3. The quantitative estimate of drug-likeness (QED) is 0.798. The Hall–Kier alpha value is -0.330. The zero-order valence-electron chi connectivity index (χ0n) is 11.6. The van der Waals surface area contributed by atoms with Gasteiger partial charge in [-0.2, -0.15) is 0 Å². The van der Waals surface area contributed by atoms with Crippen LogP contribution in [0, 0.1) is 5.92 Å². The van der Waals surface area contributed by atoms with Gasteiger partial charge in [-0.3, -0.25) is 4.79 Å². The van der Waals surface area contributed by atoms with Gasteiger partial charge in [0.15, 0.2) is 0 Å². The predicted octanol–water partition coefficient (Wildman–Crippen LogP) is 3.71. The molecule has 21 heavy (non-hydrogen) atoms.